The number of hydrogen-bond donors (Lipinski definition) is 1. The molecule has 4 nitrogen and oxygen atoms in total. The summed E-state index contributed by atoms with van der Waals surface area (Å²) in [5.74, 6) is 1.11. The van der Waals surface area contributed by atoms with Crippen molar-refractivity contribution in [3.63, 3.8) is 0 Å². The minimum Gasteiger partial charge on any atom is -0.465 e. The fourth-order valence-corrected chi connectivity index (χ4v) is 4.63. The monoisotopic (exact) mass is 394 g/mol. The summed E-state index contributed by atoms with van der Waals surface area (Å²) >= 11 is 0. The van der Waals surface area contributed by atoms with Crippen molar-refractivity contribution in [2.75, 3.05) is 26.2 Å². The van der Waals surface area contributed by atoms with Crippen molar-refractivity contribution in [1.82, 2.24) is 9.80 Å². The van der Waals surface area contributed by atoms with Gasteiger partial charge >= 0.3 is 6.09 Å². The van der Waals surface area contributed by atoms with Crippen LogP contribution in [0.4, 0.5) is 4.79 Å². The second-order valence-electron chi connectivity index (χ2n) is 7.81. The molecule has 0 saturated carbocycles. The van der Waals surface area contributed by atoms with E-state index in [-0.39, 0.29) is 6.04 Å². The third-order valence-corrected chi connectivity index (χ3v) is 6.21. The summed E-state index contributed by atoms with van der Waals surface area (Å²) in [6.45, 7) is 8.73. The molecule has 2 bridgehead atoms. The smallest absolute Gasteiger partial charge is 0.408 e. The van der Waals surface area contributed by atoms with E-state index < -0.39 is 6.09 Å². The van der Waals surface area contributed by atoms with E-state index in [9.17, 15) is 9.90 Å². The second-order valence-corrected chi connectivity index (χ2v) is 7.81. The maximum absolute atomic E-state index is 11.5. The number of rotatable bonds is 1. The van der Waals surface area contributed by atoms with Crippen LogP contribution in [0.3, 0.4) is 0 Å². The van der Waals surface area contributed by atoms with Crippen LogP contribution in [0.5, 0.6) is 0 Å². The van der Waals surface area contributed by atoms with Gasteiger partial charge in [0.15, 0.2) is 0 Å². The Balaban J connectivity index is 0.000000199. The zero-order valence-electron chi connectivity index (χ0n) is 17.8. The first kappa shape index (κ1) is 21.4. The first-order valence-electron chi connectivity index (χ1n) is 11.1. The number of hydrogen-bond acceptors (Lipinski definition) is 2. The lowest BCUT2D eigenvalue weighted by Gasteiger charge is -2.38. The average Bonchev–Trinajstić information content (AvgIpc) is 2.82. The van der Waals surface area contributed by atoms with Gasteiger partial charge in [-0.3, -0.25) is 4.90 Å². The first-order valence-corrected chi connectivity index (χ1v) is 11.1. The van der Waals surface area contributed by atoms with Gasteiger partial charge in [-0.1, -0.05) is 68.4 Å². The summed E-state index contributed by atoms with van der Waals surface area (Å²) in [4.78, 5) is 15.6. The molecule has 6 rings (SSSR count). The van der Waals surface area contributed by atoms with E-state index in [1.165, 1.54) is 49.4 Å². The molecule has 4 heterocycles. The fraction of sp³-hybridized carbons (Fsp3) is 0.480. The van der Waals surface area contributed by atoms with Gasteiger partial charge in [0.2, 0.25) is 0 Å². The van der Waals surface area contributed by atoms with E-state index in [0.717, 1.165) is 23.5 Å². The molecule has 0 aliphatic carbocycles. The van der Waals surface area contributed by atoms with Crippen molar-refractivity contribution in [2.24, 2.45) is 5.92 Å². The topological polar surface area (TPSA) is 43.8 Å². The summed E-state index contributed by atoms with van der Waals surface area (Å²) in [6, 6.07) is 17.7. The highest BCUT2D eigenvalue weighted by Crippen LogP contribution is 2.34. The van der Waals surface area contributed by atoms with Crippen LogP contribution in [0.15, 0.2) is 54.6 Å². The van der Waals surface area contributed by atoms with Crippen LogP contribution >= 0.6 is 0 Å². The Morgan fingerprint density at radius 3 is 1.97 bits per heavy atom. The van der Waals surface area contributed by atoms with Crippen LogP contribution in [0.1, 0.15) is 55.8 Å². The minimum absolute atomic E-state index is 0.191. The van der Waals surface area contributed by atoms with Gasteiger partial charge in [-0.2, -0.15) is 0 Å². The lowest BCUT2D eigenvalue weighted by molar-refractivity contribution is 0.111. The van der Waals surface area contributed by atoms with E-state index in [1.54, 1.807) is 0 Å². The van der Waals surface area contributed by atoms with E-state index >= 15 is 0 Å². The lowest BCUT2D eigenvalue weighted by atomic mass is 9.88. The highest BCUT2D eigenvalue weighted by molar-refractivity contribution is 5.67. The molecule has 2 aromatic rings. The quantitative estimate of drug-likeness (QED) is 0.700. The Kier molecular flexibility index (Phi) is 7.70. The number of fused-ring (bicyclic) bond motifs is 4. The lowest BCUT2D eigenvalue weighted by Crippen LogP contribution is -2.41. The zero-order chi connectivity index (χ0) is 20.6. The van der Waals surface area contributed by atoms with E-state index in [2.05, 4.69) is 11.0 Å². The van der Waals surface area contributed by atoms with Gasteiger partial charge in [-0.25, -0.2) is 4.79 Å². The van der Waals surface area contributed by atoms with Gasteiger partial charge in [-0.15, -0.1) is 0 Å². The predicted octanol–water partition coefficient (Wildman–Crippen LogP) is 5.44. The SMILES string of the molecule is C1CN2CCC1CC2.CC.O=C(O)N1CCc2ccccc2C1c1ccccc1. The Morgan fingerprint density at radius 1 is 0.862 bits per heavy atom. The molecule has 4 heteroatoms. The van der Waals surface area contributed by atoms with Gasteiger partial charge in [0.05, 0.1) is 6.04 Å². The minimum atomic E-state index is -0.858. The summed E-state index contributed by atoms with van der Waals surface area (Å²) in [6.07, 6.45) is 4.38. The maximum Gasteiger partial charge on any atom is 0.408 e. The number of carboxylic acid groups (broad SMARTS) is 1. The van der Waals surface area contributed by atoms with Crippen molar-refractivity contribution in [1.29, 1.82) is 0 Å². The van der Waals surface area contributed by atoms with Crippen molar-refractivity contribution in [3.8, 4) is 0 Å². The van der Waals surface area contributed by atoms with Crippen LogP contribution in [0.25, 0.3) is 0 Å². The third kappa shape index (κ3) is 5.18. The predicted molar refractivity (Wildman–Crippen MR) is 118 cm³/mol. The van der Waals surface area contributed by atoms with E-state index in [4.69, 9.17) is 0 Å². The van der Waals surface area contributed by atoms with Gasteiger partial charge in [-0.05, 0) is 67.9 Å². The molecular weight excluding hydrogens is 360 g/mol. The molecule has 0 spiro atoms. The Labute approximate surface area is 175 Å². The Morgan fingerprint density at radius 2 is 1.45 bits per heavy atom. The van der Waals surface area contributed by atoms with Gasteiger partial charge < -0.3 is 10.0 Å². The van der Waals surface area contributed by atoms with Gasteiger partial charge in [0, 0.05) is 6.54 Å². The summed E-state index contributed by atoms with van der Waals surface area (Å²) < 4.78 is 0. The summed E-state index contributed by atoms with van der Waals surface area (Å²) in [7, 11) is 0. The molecule has 0 radical (unpaired) electrons. The Bertz CT molecular complexity index is 746. The highest BCUT2D eigenvalue weighted by atomic mass is 16.4. The molecule has 3 saturated heterocycles. The zero-order valence-corrected chi connectivity index (χ0v) is 17.8. The van der Waals surface area contributed by atoms with Crippen LogP contribution in [-0.2, 0) is 6.42 Å². The molecule has 4 aliphatic rings. The standard InChI is InChI=1S/C16H15NO2.C7H13N.C2H6/c18-16(19)17-11-10-12-6-4-5-9-14(12)15(17)13-7-2-1-3-8-13;1-4-8-5-2-7(1)3-6-8;1-2/h1-9,15H,10-11H2,(H,18,19);7H,1-6H2;1-2H3. The number of amides is 1. The molecule has 1 amide bonds. The summed E-state index contributed by atoms with van der Waals surface area (Å²) in [5.41, 5.74) is 3.37. The molecule has 0 aromatic heterocycles. The van der Waals surface area contributed by atoms with E-state index in [1.807, 2.05) is 62.4 Å². The van der Waals surface area contributed by atoms with Crippen LogP contribution < -0.4 is 0 Å². The average molecular weight is 395 g/mol. The van der Waals surface area contributed by atoms with E-state index in [0.29, 0.717) is 6.54 Å². The van der Waals surface area contributed by atoms with Gasteiger partial charge in [0.25, 0.3) is 0 Å². The largest absolute Gasteiger partial charge is 0.465 e. The number of benzene rings is 2. The van der Waals surface area contributed by atoms with Crippen molar-refractivity contribution >= 4 is 6.09 Å². The summed E-state index contributed by atoms with van der Waals surface area (Å²) in [5, 5.41) is 9.42. The molecule has 2 aromatic carbocycles. The maximum atomic E-state index is 11.5. The highest BCUT2D eigenvalue weighted by Gasteiger charge is 2.31. The number of nitrogens with zero attached hydrogens (tertiary/aromatic N) is 2. The van der Waals surface area contributed by atoms with Crippen LogP contribution in [0.2, 0.25) is 0 Å². The van der Waals surface area contributed by atoms with Crippen LogP contribution in [0, 0.1) is 5.92 Å². The van der Waals surface area contributed by atoms with Crippen molar-refractivity contribution in [2.45, 2.75) is 45.6 Å². The molecule has 156 valence electrons. The van der Waals surface area contributed by atoms with Gasteiger partial charge in [0.1, 0.15) is 0 Å². The van der Waals surface area contributed by atoms with Crippen molar-refractivity contribution < 1.29 is 9.90 Å². The van der Waals surface area contributed by atoms with Crippen LogP contribution in [-0.4, -0.2) is 47.2 Å². The molecule has 4 aliphatic heterocycles. The number of piperidine rings is 3. The normalized spacial score (nSPS) is 24.3. The molecule has 3 fully saturated rings. The third-order valence-electron chi connectivity index (χ3n) is 6.21. The number of carbonyl (C=O) groups is 1. The Hall–Kier alpha value is -2.33. The molecular formula is C25H34N2O2. The molecule has 1 N–H and O–H groups in total. The fourth-order valence-electron chi connectivity index (χ4n) is 4.63. The molecule has 29 heavy (non-hydrogen) atoms. The molecule has 1 atom stereocenters. The first-order chi connectivity index (χ1) is 14.2. The van der Waals surface area contributed by atoms with Crippen molar-refractivity contribution in [3.05, 3.63) is 71.3 Å². The second kappa shape index (κ2) is 10.4. The molecule has 1 unspecified atom stereocenters.